The van der Waals surface area contributed by atoms with Crippen LogP contribution in [-0.4, -0.2) is 56.4 Å². The number of methoxy groups -OCH3 is 1. The molecule has 6 rings (SSSR count). The number of halogens is 1. The average Bonchev–Trinajstić information content (AvgIpc) is 3.50. The molecule has 1 aromatic carbocycles. The zero-order valence-electron chi connectivity index (χ0n) is 22.4. The predicted octanol–water partition coefficient (Wildman–Crippen LogP) is 3.50. The van der Waals surface area contributed by atoms with Gasteiger partial charge in [-0.3, -0.25) is 14.2 Å². The molecule has 1 saturated carbocycles. The molecular formula is C29H27FN8O3. The second-order valence-electron chi connectivity index (χ2n) is 9.74. The summed E-state index contributed by atoms with van der Waals surface area (Å²) in [6.45, 7) is 0.515. The molecule has 41 heavy (non-hydrogen) atoms. The van der Waals surface area contributed by atoms with E-state index in [1.54, 1.807) is 55.9 Å². The first-order chi connectivity index (χ1) is 19.9. The molecule has 5 aromatic rings. The highest BCUT2D eigenvalue weighted by Gasteiger charge is 2.39. The average molecular weight is 555 g/mol. The Hall–Kier alpha value is -5.26. The summed E-state index contributed by atoms with van der Waals surface area (Å²) in [7, 11) is 3.51. The van der Waals surface area contributed by atoms with Crippen molar-refractivity contribution >= 4 is 28.7 Å². The molecule has 0 saturated heterocycles. The monoisotopic (exact) mass is 554 g/mol. The lowest BCUT2D eigenvalue weighted by Crippen LogP contribution is -2.28. The zero-order valence-corrected chi connectivity index (χ0v) is 22.4. The molecule has 208 valence electrons. The molecule has 1 amide bonds. The maximum absolute atomic E-state index is 13.5. The minimum absolute atomic E-state index is 0.154. The number of ether oxygens (including phenoxy) is 1. The number of carbonyl (C=O) groups is 1. The molecule has 1 fully saturated rings. The fourth-order valence-electron chi connectivity index (χ4n) is 4.50. The number of alkyl halides is 1. The number of carbonyl (C=O) groups excluding carboxylic acids is 1. The maximum Gasteiger partial charge on any atom is 0.279 e. The SMILES string of the molecule is COc1ccc(CN(C)c2cc(Nc3cccn(-c4ccccn4)c3=O)nn3c(C(=O)N[C@@H]4C[C@@H]4F)cnc23)cc1. The summed E-state index contributed by atoms with van der Waals surface area (Å²) in [5, 5.41) is 10.4. The molecule has 0 aliphatic heterocycles. The Bertz CT molecular complexity index is 1770. The number of nitrogens with zero attached hydrogens (tertiary/aromatic N) is 6. The molecule has 4 aromatic heterocycles. The van der Waals surface area contributed by atoms with Crippen molar-refractivity contribution in [3.05, 3.63) is 101 Å². The number of aromatic nitrogens is 5. The van der Waals surface area contributed by atoms with E-state index in [0.29, 0.717) is 29.5 Å². The van der Waals surface area contributed by atoms with Crippen LogP contribution in [-0.2, 0) is 6.54 Å². The van der Waals surface area contributed by atoms with Crippen LogP contribution in [0, 0.1) is 0 Å². The Balaban J connectivity index is 1.39. The van der Waals surface area contributed by atoms with E-state index in [1.807, 2.05) is 36.2 Å². The third-order valence-electron chi connectivity index (χ3n) is 6.81. The van der Waals surface area contributed by atoms with Crippen LogP contribution in [0.4, 0.5) is 21.6 Å². The van der Waals surface area contributed by atoms with E-state index in [0.717, 1.165) is 11.3 Å². The van der Waals surface area contributed by atoms with Crippen molar-refractivity contribution in [2.75, 3.05) is 24.4 Å². The lowest BCUT2D eigenvalue weighted by Gasteiger charge is -2.21. The summed E-state index contributed by atoms with van der Waals surface area (Å²) in [6, 6.07) is 17.6. The van der Waals surface area contributed by atoms with E-state index in [1.165, 1.54) is 15.3 Å². The number of benzene rings is 1. The number of fused-ring (bicyclic) bond motifs is 1. The van der Waals surface area contributed by atoms with Gasteiger partial charge in [0.05, 0.1) is 25.0 Å². The lowest BCUT2D eigenvalue weighted by atomic mass is 10.2. The molecule has 1 aliphatic carbocycles. The zero-order chi connectivity index (χ0) is 28.5. The van der Waals surface area contributed by atoms with Crippen molar-refractivity contribution in [3.8, 4) is 11.6 Å². The molecule has 0 unspecified atom stereocenters. The van der Waals surface area contributed by atoms with Crippen LogP contribution in [0.5, 0.6) is 5.75 Å². The smallest absolute Gasteiger partial charge is 0.279 e. The number of rotatable bonds is 9. The van der Waals surface area contributed by atoms with Gasteiger partial charge in [0.15, 0.2) is 17.2 Å². The number of hydrogen-bond acceptors (Lipinski definition) is 8. The maximum atomic E-state index is 13.5. The van der Waals surface area contributed by atoms with E-state index in [2.05, 4.69) is 25.7 Å². The second kappa shape index (κ2) is 10.7. The van der Waals surface area contributed by atoms with Crippen LogP contribution in [0.2, 0.25) is 0 Å². The minimum Gasteiger partial charge on any atom is -0.497 e. The Morgan fingerprint density at radius 1 is 1.15 bits per heavy atom. The Labute approximate surface area is 234 Å². The lowest BCUT2D eigenvalue weighted by molar-refractivity contribution is 0.0940. The summed E-state index contributed by atoms with van der Waals surface area (Å²) in [4.78, 5) is 37.0. The Morgan fingerprint density at radius 2 is 1.95 bits per heavy atom. The van der Waals surface area contributed by atoms with Gasteiger partial charge >= 0.3 is 0 Å². The minimum atomic E-state index is -1.05. The van der Waals surface area contributed by atoms with E-state index in [4.69, 9.17) is 4.74 Å². The fraction of sp³-hybridized carbons (Fsp3) is 0.207. The molecular weight excluding hydrogens is 527 g/mol. The third kappa shape index (κ3) is 5.31. The van der Waals surface area contributed by atoms with Crippen molar-refractivity contribution in [3.63, 3.8) is 0 Å². The summed E-state index contributed by atoms with van der Waals surface area (Å²) in [5.41, 5.74) is 2.20. The number of nitrogens with one attached hydrogen (secondary N) is 2. The summed E-state index contributed by atoms with van der Waals surface area (Å²) in [6.07, 6.45) is 3.90. The highest BCUT2D eigenvalue weighted by atomic mass is 19.1. The molecule has 11 nitrogen and oxygen atoms in total. The quantitative estimate of drug-likeness (QED) is 0.284. The van der Waals surface area contributed by atoms with Gasteiger partial charge in [0.1, 0.15) is 23.4 Å². The van der Waals surface area contributed by atoms with Gasteiger partial charge in [-0.25, -0.2) is 18.9 Å². The second-order valence-corrected chi connectivity index (χ2v) is 9.74. The molecule has 2 N–H and O–H groups in total. The number of imidazole rings is 1. The summed E-state index contributed by atoms with van der Waals surface area (Å²) < 4.78 is 21.6. The molecule has 0 spiro atoms. The standard InChI is InChI=1S/C29H27FN8O3/c1-36(17-18-8-10-19(41-2)11-9-18)23-15-25(33-21-6-5-13-37(29(21)40)26-7-3-4-12-31-26)35-38-24(16-32-27(23)38)28(39)34-22-14-20(22)30/h3-13,15-16,20,22H,14,17H2,1-2H3,(H,33,35)(H,34,39)/t20-,22+/m0/s1. The fourth-order valence-corrected chi connectivity index (χ4v) is 4.50. The van der Waals surface area contributed by atoms with E-state index in [-0.39, 0.29) is 23.4 Å². The number of pyridine rings is 2. The van der Waals surface area contributed by atoms with Crippen molar-refractivity contribution in [1.29, 1.82) is 0 Å². The summed E-state index contributed by atoms with van der Waals surface area (Å²) in [5.74, 6) is 1.06. The van der Waals surface area contributed by atoms with Gasteiger partial charge in [-0.1, -0.05) is 18.2 Å². The van der Waals surface area contributed by atoms with Crippen molar-refractivity contribution in [2.24, 2.45) is 0 Å². The van der Waals surface area contributed by atoms with Crippen LogP contribution >= 0.6 is 0 Å². The van der Waals surface area contributed by atoms with Crippen LogP contribution in [0.3, 0.4) is 0 Å². The van der Waals surface area contributed by atoms with Crippen molar-refractivity contribution < 1.29 is 13.9 Å². The van der Waals surface area contributed by atoms with Gasteiger partial charge in [0.2, 0.25) is 0 Å². The van der Waals surface area contributed by atoms with Crippen LogP contribution in [0.1, 0.15) is 22.5 Å². The van der Waals surface area contributed by atoms with Gasteiger partial charge in [0, 0.05) is 38.5 Å². The Morgan fingerprint density at radius 3 is 2.66 bits per heavy atom. The normalized spacial score (nSPS) is 15.9. The van der Waals surface area contributed by atoms with Crippen molar-refractivity contribution in [1.82, 2.24) is 29.5 Å². The van der Waals surface area contributed by atoms with E-state index in [9.17, 15) is 14.0 Å². The molecule has 1 aliphatic rings. The van der Waals surface area contributed by atoms with Gasteiger partial charge in [-0.15, -0.1) is 5.10 Å². The van der Waals surface area contributed by atoms with Crippen molar-refractivity contribution in [2.45, 2.75) is 25.2 Å². The largest absolute Gasteiger partial charge is 0.497 e. The van der Waals surface area contributed by atoms with Gasteiger partial charge < -0.3 is 20.3 Å². The first-order valence-electron chi connectivity index (χ1n) is 13.0. The topological polar surface area (TPSA) is 119 Å². The van der Waals surface area contributed by atoms with E-state index < -0.39 is 18.1 Å². The number of anilines is 3. The first-order valence-corrected chi connectivity index (χ1v) is 13.0. The molecule has 4 heterocycles. The third-order valence-corrected chi connectivity index (χ3v) is 6.81. The van der Waals surface area contributed by atoms with Gasteiger partial charge in [0.25, 0.3) is 11.5 Å². The molecule has 12 heteroatoms. The number of amides is 1. The first kappa shape index (κ1) is 26.0. The van der Waals surface area contributed by atoms with Crippen LogP contribution in [0.15, 0.2) is 84.0 Å². The van der Waals surface area contributed by atoms with Crippen LogP contribution < -0.4 is 25.8 Å². The predicted molar refractivity (Wildman–Crippen MR) is 152 cm³/mol. The molecule has 0 bridgehead atoms. The Kier molecular flexibility index (Phi) is 6.79. The highest BCUT2D eigenvalue weighted by Crippen LogP contribution is 2.28. The van der Waals surface area contributed by atoms with Gasteiger partial charge in [-0.05, 0) is 42.0 Å². The highest BCUT2D eigenvalue weighted by molar-refractivity contribution is 5.94. The summed E-state index contributed by atoms with van der Waals surface area (Å²) >= 11 is 0. The number of hydrogen-bond donors (Lipinski definition) is 2. The van der Waals surface area contributed by atoms with E-state index >= 15 is 0 Å². The molecule has 0 radical (unpaired) electrons. The molecule has 2 atom stereocenters. The van der Waals surface area contributed by atoms with Gasteiger partial charge in [-0.2, -0.15) is 0 Å². The van der Waals surface area contributed by atoms with Crippen LogP contribution in [0.25, 0.3) is 11.5 Å².